The maximum absolute atomic E-state index is 10.5. The van der Waals surface area contributed by atoms with Crippen LogP contribution >= 0.6 is 0 Å². The summed E-state index contributed by atoms with van der Waals surface area (Å²) in [5.74, 6) is 0.603. The van der Waals surface area contributed by atoms with E-state index in [2.05, 4.69) is 0 Å². The highest BCUT2D eigenvalue weighted by atomic mass is 16.7. The van der Waals surface area contributed by atoms with E-state index >= 15 is 0 Å². The predicted octanol–water partition coefficient (Wildman–Crippen LogP) is 0.584. The van der Waals surface area contributed by atoms with Gasteiger partial charge in [0.05, 0.1) is 0 Å². The van der Waals surface area contributed by atoms with E-state index < -0.39 is 0 Å². The molecule has 0 aromatic rings. The largest absolute Gasteiger partial charge is 0.356 e. The van der Waals surface area contributed by atoms with Crippen LogP contribution in [0.5, 0.6) is 0 Å². The van der Waals surface area contributed by atoms with E-state index in [1.165, 1.54) is 0 Å². The first kappa shape index (κ1) is 7.69. The summed E-state index contributed by atoms with van der Waals surface area (Å²) in [6.45, 7) is 0. The lowest BCUT2D eigenvalue weighted by Crippen LogP contribution is -2.36. The summed E-state index contributed by atoms with van der Waals surface area (Å²) >= 11 is 0. The first-order chi connectivity index (χ1) is 4.77. The summed E-state index contributed by atoms with van der Waals surface area (Å²) in [7, 11) is 3.19. The Morgan fingerprint density at radius 1 is 1.40 bits per heavy atom. The molecule has 10 heavy (non-hydrogen) atoms. The van der Waals surface area contributed by atoms with Gasteiger partial charge >= 0.3 is 0 Å². The molecule has 0 saturated heterocycles. The fraction of sp³-hybridized carbons (Fsp3) is 0.857. The minimum atomic E-state index is -0.183. The van der Waals surface area contributed by atoms with Gasteiger partial charge in [-0.3, -0.25) is 4.79 Å². The molecule has 0 unspecified atom stereocenters. The van der Waals surface area contributed by atoms with Crippen molar-refractivity contribution in [2.24, 2.45) is 5.92 Å². The maximum atomic E-state index is 10.5. The van der Waals surface area contributed by atoms with E-state index in [4.69, 9.17) is 9.47 Å². The second-order valence-corrected chi connectivity index (χ2v) is 2.55. The fourth-order valence-electron chi connectivity index (χ4n) is 1.20. The number of ether oxygens (including phenoxy) is 2. The lowest BCUT2D eigenvalue weighted by atomic mass is 9.83. The van der Waals surface area contributed by atoms with Crippen molar-refractivity contribution in [2.75, 3.05) is 14.2 Å². The van der Waals surface area contributed by atoms with Gasteiger partial charge in [-0.2, -0.15) is 0 Å². The number of carbonyl (C=O) groups excluding carboxylic acids is 1. The van der Waals surface area contributed by atoms with Gasteiger partial charge in [0.15, 0.2) is 6.29 Å². The van der Waals surface area contributed by atoms with Crippen molar-refractivity contribution >= 4 is 5.78 Å². The number of hydrogen-bond donors (Lipinski definition) is 0. The fourth-order valence-corrected chi connectivity index (χ4v) is 1.20. The second-order valence-electron chi connectivity index (χ2n) is 2.55. The lowest BCUT2D eigenvalue weighted by Gasteiger charge is -2.29. The minimum absolute atomic E-state index is 0.183. The molecule has 1 rings (SSSR count). The molecule has 1 saturated carbocycles. The zero-order valence-corrected chi connectivity index (χ0v) is 6.29. The zero-order valence-electron chi connectivity index (χ0n) is 6.29. The minimum Gasteiger partial charge on any atom is -0.356 e. The Bertz CT molecular complexity index is 121. The molecule has 3 nitrogen and oxygen atoms in total. The van der Waals surface area contributed by atoms with E-state index in [1.807, 2.05) is 0 Å². The molecular weight excluding hydrogens is 132 g/mol. The molecule has 3 heteroatoms. The Morgan fingerprint density at radius 2 is 1.90 bits per heavy atom. The SMILES string of the molecule is COC(OC)C1CC(=O)C1. The van der Waals surface area contributed by atoms with Crippen LogP contribution in [0.15, 0.2) is 0 Å². The standard InChI is InChI=1S/C7H12O3/c1-9-7(10-2)5-3-6(8)4-5/h5,7H,3-4H2,1-2H3. The number of hydrogen-bond acceptors (Lipinski definition) is 3. The quantitative estimate of drug-likeness (QED) is 0.544. The summed E-state index contributed by atoms with van der Waals surface area (Å²) in [6.07, 6.45) is 1.05. The average Bonchev–Trinajstić information content (AvgIpc) is 1.87. The van der Waals surface area contributed by atoms with Crippen LogP contribution in [-0.2, 0) is 14.3 Å². The van der Waals surface area contributed by atoms with Crippen LogP contribution in [0.4, 0.5) is 0 Å². The van der Waals surface area contributed by atoms with E-state index in [-0.39, 0.29) is 6.29 Å². The van der Waals surface area contributed by atoms with Gasteiger partial charge in [-0.1, -0.05) is 0 Å². The molecule has 0 bridgehead atoms. The van der Waals surface area contributed by atoms with Crippen LogP contribution in [0.1, 0.15) is 12.8 Å². The first-order valence-electron chi connectivity index (χ1n) is 3.35. The van der Waals surface area contributed by atoms with Crippen molar-refractivity contribution < 1.29 is 14.3 Å². The summed E-state index contributed by atoms with van der Waals surface area (Å²) in [6, 6.07) is 0. The highest BCUT2D eigenvalue weighted by molar-refractivity contribution is 5.84. The van der Waals surface area contributed by atoms with Crippen molar-refractivity contribution in [3.63, 3.8) is 0 Å². The average molecular weight is 144 g/mol. The van der Waals surface area contributed by atoms with Crippen molar-refractivity contribution in [1.29, 1.82) is 0 Å². The number of ketones is 1. The summed E-state index contributed by atoms with van der Waals surface area (Å²) < 4.78 is 9.95. The predicted molar refractivity (Wildman–Crippen MR) is 35.5 cm³/mol. The Balaban J connectivity index is 2.27. The van der Waals surface area contributed by atoms with Crippen LogP contribution in [0.2, 0.25) is 0 Å². The highest BCUT2D eigenvalue weighted by Gasteiger charge is 2.33. The van der Waals surface area contributed by atoms with Crippen molar-refractivity contribution in [2.45, 2.75) is 19.1 Å². The highest BCUT2D eigenvalue weighted by Crippen LogP contribution is 2.27. The third-order valence-electron chi connectivity index (χ3n) is 1.83. The van der Waals surface area contributed by atoms with Crippen molar-refractivity contribution in [3.05, 3.63) is 0 Å². The van der Waals surface area contributed by atoms with Crippen LogP contribution < -0.4 is 0 Å². The Labute approximate surface area is 60.3 Å². The first-order valence-corrected chi connectivity index (χ1v) is 3.35. The van der Waals surface area contributed by atoms with Crippen LogP contribution in [0.25, 0.3) is 0 Å². The van der Waals surface area contributed by atoms with E-state index in [0.29, 0.717) is 24.5 Å². The number of carbonyl (C=O) groups is 1. The molecule has 0 heterocycles. The molecule has 0 aromatic heterocycles. The number of Topliss-reactive ketones (excluding diaryl/α,β-unsaturated/α-hetero) is 1. The third kappa shape index (κ3) is 1.36. The molecule has 0 aliphatic heterocycles. The van der Waals surface area contributed by atoms with Crippen molar-refractivity contribution in [1.82, 2.24) is 0 Å². The normalized spacial score (nSPS) is 19.7. The van der Waals surface area contributed by atoms with Crippen LogP contribution in [-0.4, -0.2) is 26.3 Å². The summed E-state index contributed by atoms with van der Waals surface area (Å²) in [5, 5.41) is 0. The zero-order chi connectivity index (χ0) is 7.56. The second kappa shape index (κ2) is 3.12. The number of methoxy groups -OCH3 is 2. The van der Waals surface area contributed by atoms with E-state index in [1.54, 1.807) is 14.2 Å². The monoisotopic (exact) mass is 144 g/mol. The summed E-state index contributed by atoms with van der Waals surface area (Å²) in [4.78, 5) is 10.5. The molecule has 58 valence electrons. The van der Waals surface area contributed by atoms with Gasteiger partial charge in [-0.15, -0.1) is 0 Å². The molecule has 0 N–H and O–H groups in total. The van der Waals surface area contributed by atoms with Crippen LogP contribution in [0.3, 0.4) is 0 Å². The molecule has 0 aromatic carbocycles. The molecular formula is C7H12O3. The Kier molecular flexibility index (Phi) is 2.40. The topological polar surface area (TPSA) is 35.5 Å². The van der Waals surface area contributed by atoms with Gasteiger partial charge in [0.25, 0.3) is 0 Å². The lowest BCUT2D eigenvalue weighted by molar-refractivity contribution is -0.165. The number of rotatable bonds is 3. The molecule has 0 atom stereocenters. The molecule has 1 aliphatic carbocycles. The third-order valence-corrected chi connectivity index (χ3v) is 1.83. The maximum Gasteiger partial charge on any atom is 0.160 e. The van der Waals surface area contributed by atoms with Gasteiger partial charge in [0.1, 0.15) is 5.78 Å². The molecule has 0 amide bonds. The van der Waals surface area contributed by atoms with Gasteiger partial charge in [-0.25, -0.2) is 0 Å². The van der Waals surface area contributed by atoms with E-state index in [9.17, 15) is 4.79 Å². The molecule has 0 radical (unpaired) electrons. The van der Waals surface area contributed by atoms with Crippen molar-refractivity contribution in [3.8, 4) is 0 Å². The van der Waals surface area contributed by atoms with E-state index in [0.717, 1.165) is 0 Å². The molecule has 1 aliphatic rings. The Hall–Kier alpha value is -0.410. The smallest absolute Gasteiger partial charge is 0.160 e. The van der Waals surface area contributed by atoms with Crippen LogP contribution in [0, 0.1) is 5.92 Å². The summed E-state index contributed by atoms with van der Waals surface area (Å²) in [5.41, 5.74) is 0. The van der Waals surface area contributed by atoms with Gasteiger partial charge in [0.2, 0.25) is 0 Å². The van der Waals surface area contributed by atoms with Gasteiger partial charge < -0.3 is 9.47 Å². The van der Waals surface area contributed by atoms with Gasteiger partial charge in [-0.05, 0) is 0 Å². The molecule has 0 spiro atoms. The Morgan fingerprint density at radius 3 is 2.20 bits per heavy atom. The van der Waals surface area contributed by atoms with Gasteiger partial charge in [0, 0.05) is 33.0 Å². The molecule has 1 fully saturated rings.